The second-order valence-electron chi connectivity index (χ2n) is 8.06. The molecule has 0 aliphatic rings. The molecule has 0 saturated carbocycles. The lowest BCUT2D eigenvalue weighted by atomic mass is 10.2. The minimum atomic E-state index is -3.83. The number of hydrogen-bond acceptors (Lipinski definition) is 7. The highest BCUT2D eigenvalue weighted by molar-refractivity contribution is 7.92. The number of thiazole rings is 1. The largest absolute Gasteiger partial charge is 0.497 e. The number of carbonyl (C=O) groups excluding carboxylic acids is 2. The van der Waals surface area contributed by atoms with E-state index in [9.17, 15) is 18.0 Å². The summed E-state index contributed by atoms with van der Waals surface area (Å²) in [5.74, 6) is -0.390. The Hall–Kier alpha value is -3.96. The van der Waals surface area contributed by atoms with Gasteiger partial charge in [-0.1, -0.05) is 29.5 Å². The minimum Gasteiger partial charge on any atom is -0.497 e. The van der Waals surface area contributed by atoms with Crippen LogP contribution in [0.1, 0.15) is 24.2 Å². The van der Waals surface area contributed by atoms with Gasteiger partial charge < -0.3 is 14.0 Å². The number of anilines is 1. The molecule has 0 atom stereocenters. The average molecular weight is 554 g/mol. The van der Waals surface area contributed by atoms with Crippen molar-refractivity contribution < 1.29 is 27.5 Å². The van der Waals surface area contributed by atoms with Crippen molar-refractivity contribution in [3.8, 4) is 5.75 Å². The molecule has 38 heavy (non-hydrogen) atoms. The predicted molar refractivity (Wildman–Crippen MR) is 146 cm³/mol. The first kappa shape index (κ1) is 27.1. The van der Waals surface area contributed by atoms with Gasteiger partial charge in [-0.2, -0.15) is 4.99 Å². The number of methoxy groups -OCH3 is 1. The summed E-state index contributed by atoms with van der Waals surface area (Å²) in [4.78, 5) is 30.0. The molecule has 0 fully saturated rings. The molecule has 1 heterocycles. The minimum absolute atomic E-state index is 0.0612. The first-order valence-electron chi connectivity index (χ1n) is 11.9. The van der Waals surface area contributed by atoms with Crippen molar-refractivity contribution >= 4 is 49.1 Å². The monoisotopic (exact) mass is 553 g/mol. The zero-order valence-corrected chi connectivity index (χ0v) is 22.8. The molecule has 1 aromatic heterocycles. The molecule has 11 heteroatoms. The Morgan fingerprint density at radius 3 is 2.34 bits per heavy atom. The average Bonchev–Trinajstić information content (AvgIpc) is 3.25. The molecule has 4 rings (SSSR count). The summed E-state index contributed by atoms with van der Waals surface area (Å²) in [6, 6.07) is 19.8. The van der Waals surface area contributed by atoms with E-state index in [1.54, 1.807) is 68.0 Å². The second-order valence-corrected chi connectivity index (χ2v) is 10.9. The molecule has 9 nitrogen and oxygen atoms in total. The highest BCUT2D eigenvalue weighted by Crippen LogP contribution is 2.25. The van der Waals surface area contributed by atoms with Crippen molar-refractivity contribution in [2.45, 2.75) is 25.3 Å². The number of nitrogens with zero attached hydrogens (tertiary/aromatic N) is 3. The maximum atomic E-state index is 13.3. The van der Waals surface area contributed by atoms with E-state index in [4.69, 9.17) is 9.47 Å². The van der Waals surface area contributed by atoms with Crippen molar-refractivity contribution in [1.29, 1.82) is 0 Å². The van der Waals surface area contributed by atoms with Crippen LogP contribution in [-0.4, -0.2) is 45.1 Å². The Balaban J connectivity index is 1.68. The Morgan fingerprint density at radius 1 is 1.00 bits per heavy atom. The zero-order chi connectivity index (χ0) is 27.3. The van der Waals surface area contributed by atoms with E-state index >= 15 is 0 Å². The fourth-order valence-corrected chi connectivity index (χ4v) is 6.42. The Morgan fingerprint density at radius 2 is 1.71 bits per heavy atom. The Labute approximate surface area is 224 Å². The fraction of sp³-hybridized carbons (Fsp3) is 0.222. The summed E-state index contributed by atoms with van der Waals surface area (Å²) in [5.41, 5.74) is 1.47. The van der Waals surface area contributed by atoms with Crippen LogP contribution >= 0.6 is 11.3 Å². The highest BCUT2D eigenvalue weighted by atomic mass is 32.2. The first-order chi connectivity index (χ1) is 18.3. The van der Waals surface area contributed by atoms with Gasteiger partial charge in [-0.25, -0.2) is 8.42 Å². The number of benzene rings is 3. The van der Waals surface area contributed by atoms with E-state index < -0.39 is 21.9 Å². The lowest BCUT2D eigenvalue weighted by Crippen LogP contribution is -2.30. The van der Waals surface area contributed by atoms with Crippen LogP contribution in [0.15, 0.2) is 82.7 Å². The van der Waals surface area contributed by atoms with Crippen LogP contribution < -0.4 is 13.8 Å². The van der Waals surface area contributed by atoms with Gasteiger partial charge in [0.1, 0.15) is 12.3 Å². The molecule has 0 bridgehead atoms. The normalized spacial score (nSPS) is 11.9. The summed E-state index contributed by atoms with van der Waals surface area (Å²) in [6.45, 7) is 3.84. The molecule has 0 aliphatic carbocycles. The number of amides is 1. The van der Waals surface area contributed by atoms with Gasteiger partial charge in [-0.3, -0.25) is 13.9 Å². The summed E-state index contributed by atoms with van der Waals surface area (Å²) in [5, 5.41) is 0. The smallest absolute Gasteiger partial charge is 0.326 e. The molecular formula is C27H27N3O6S2. The molecule has 0 aliphatic heterocycles. The van der Waals surface area contributed by atoms with Gasteiger partial charge in [0.15, 0.2) is 4.80 Å². The van der Waals surface area contributed by atoms with Crippen LogP contribution in [0, 0.1) is 0 Å². The van der Waals surface area contributed by atoms with Crippen molar-refractivity contribution in [3.05, 3.63) is 83.2 Å². The molecular weight excluding hydrogens is 526 g/mol. The Bertz CT molecular complexity index is 1630. The number of para-hydroxylation sites is 1. The number of hydrogen-bond donors (Lipinski definition) is 0. The number of rotatable bonds is 9. The molecule has 0 spiro atoms. The van der Waals surface area contributed by atoms with Crippen LogP contribution in [0.2, 0.25) is 0 Å². The van der Waals surface area contributed by atoms with Crippen LogP contribution in [0.3, 0.4) is 0 Å². The Kier molecular flexibility index (Phi) is 8.28. The van der Waals surface area contributed by atoms with E-state index in [1.165, 1.54) is 39.9 Å². The van der Waals surface area contributed by atoms with Crippen LogP contribution in [-0.2, 0) is 26.1 Å². The molecule has 198 valence electrons. The second kappa shape index (κ2) is 11.6. The third-order valence-electron chi connectivity index (χ3n) is 5.70. The molecule has 3 aromatic carbocycles. The molecule has 0 radical (unpaired) electrons. The third-order valence-corrected chi connectivity index (χ3v) is 8.66. The number of esters is 1. The number of carbonyl (C=O) groups is 2. The maximum Gasteiger partial charge on any atom is 0.326 e. The standard InChI is InChI=1S/C27H27N3O6S2/c1-4-30(20-9-7-6-8-10-20)38(33,34)22-14-11-19(12-15-22)26(32)28-27-29(18-25(31)36-5-2)23-16-13-21(35-3)17-24(23)37-27/h6-17H,4-5,18H2,1-3H3. The van der Waals surface area contributed by atoms with Gasteiger partial charge in [-0.15, -0.1) is 0 Å². The van der Waals surface area contributed by atoms with E-state index in [0.717, 1.165) is 4.70 Å². The fourth-order valence-electron chi connectivity index (χ4n) is 3.89. The first-order valence-corrected chi connectivity index (χ1v) is 14.1. The van der Waals surface area contributed by atoms with Crippen molar-refractivity contribution in [2.24, 2.45) is 4.99 Å². The van der Waals surface area contributed by atoms with Crippen LogP contribution in [0.5, 0.6) is 5.75 Å². The van der Waals surface area contributed by atoms with E-state index in [2.05, 4.69) is 4.99 Å². The number of ether oxygens (including phenoxy) is 2. The molecule has 0 saturated heterocycles. The summed E-state index contributed by atoms with van der Waals surface area (Å²) in [6.07, 6.45) is 0. The number of sulfonamides is 1. The SMILES string of the molecule is CCOC(=O)Cn1c(=NC(=O)c2ccc(S(=O)(=O)N(CC)c3ccccc3)cc2)sc2cc(OC)ccc21. The topological polar surface area (TPSA) is 107 Å². The maximum absolute atomic E-state index is 13.3. The van der Waals surface area contributed by atoms with Gasteiger partial charge in [0.25, 0.3) is 15.9 Å². The lowest BCUT2D eigenvalue weighted by molar-refractivity contribution is -0.143. The van der Waals surface area contributed by atoms with Gasteiger partial charge in [0.05, 0.1) is 34.5 Å². The number of fused-ring (bicyclic) bond motifs is 1. The van der Waals surface area contributed by atoms with Gasteiger partial charge >= 0.3 is 5.97 Å². The highest BCUT2D eigenvalue weighted by Gasteiger charge is 2.24. The van der Waals surface area contributed by atoms with Crippen LogP contribution in [0.4, 0.5) is 5.69 Å². The van der Waals surface area contributed by atoms with E-state index in [0.29, 0.717) is 21.8 Å². The van der Waals surface area contributed by atoms with Gasteiger partial charge in [0, 0.05) is 12.1 Å². The van der Waals surface area contributed by atoms with E-state index in [-0.39, 0.29) is 30.2 Å². The van der Waals surface area contributed by atoms with Gasteiger partial charge in [-0.05, 0) is 68.4 Å². The third kappa shape index (κ3) is 5.63. The summed E-state index contributed by atoms with van der Waals surface area (Å²) in [7, 11) is -2.27. The van der Waals surface area contributed by atoms with Gasteiger partial charge in [0.2, 0.25) is 0 Å². The zero-order valence-electron chi connectivity index (χ0n) is 21.2. The molecule has 0 unspecified atom stereocenters. The summed E-state index contributed by atoms with van der Waals surface area (Å²) < 4.78 is 40.6. The van der Waals surface area contributed by atoms with E-state index in [1.807, 2.05) is 6.07 Å². The summed E-state index contributed by atoms with van der Waals surface area (Å²) >= 11 is 1.23. The number of aromatic nitrogens is 1. The molecule has 1 amide bonds. The van der Waals surface area contributed by atoms with Crippen LogP contribution in [0.25, 0.3) is 10.2 Å². The predicted octanol–water partition coefficient (Wildman–Crippen LogP) is 4.23. The van der Waals surface area contributed by atoms with Crippen molar-refractivity contribution in [1.82, 2.24) is 4.57 Å². The van der Waals surface area contributed by atoms with Crippen molar-refractivity contribution in [3.63, 3.8) is 0 Å². The molecule has 0 N–H and O–H groups in total. The molecule has 4 aromatic rings. The lowest BCUT2D eigenvalue weighted by Gasteiger charge is -2.22. The quantitative estimate of drug-likeness (QED) is 0.287. The van der Waals surface area contributed by atoms with Crippen molar-refractivity contribution in [2.75, 3.05) is 24.6 Å².